The van der Waals surface area contributed by atoms with Gasteiger partial charge in [0.25, 0.3) is 0 Å². The summed E-state index contributed by atoms with van der Waals surface area (Å²) in [7, 11) is -4.67. The summed E-state index contributed by atoms with van der Waals surface area (Å²) in [5.74, 6) is 0. The Morgan fingerprint density at radius 2 is 1.93 bits per heavy atom. The maximum atomic E-state index is 8.74. The molecule has 0 saturated heterocycles. The van der Waals surface area contributed by atoms with Gasteiger partial charge in [0, 0.05) is 6.61 Å². The minimum absolute atomic E-state index is 0. The molecule has 1 atom stereocenters. The van der Waals surface area contributed by atoms with Gasteiger partial charge in [-0.25, -0.2) is 0 Å². The predicted octanol–water partition coefficient (Wildman–Crippen LogP) is -2.92. The second kappa shape index (κ2) is 11.6. The molecule has 6 nitrogen and oxygen atoms in total. The van der Waals surface area contributed by atoms with Crippen molar-refractivity contribution in [3.8, 4) is 0 Å². The molecular formula is C6H13NaO6S. The third kappa shape index (κ3) is 54.5. The average molecular weight is 236 g/mol. The number of rotatable bonds is 4. The van der Waals surface area contributed by atoms with Gasteiger partial charge in [-0.3, -0.25) is 9.11 Å². The molecule has 0 fully saturated rings. The van der Waals surface area contributed by atoms with Crippen LogP contribution in [0.4, 0.5) is 0 Å². The summed E-state index contributed by atoms with van der Waals surface area (Å²) in [5, 5.41) is 8.56. The summed E-state index contributed by atoms with van der Waals surface area (Å²) in [6.45, 7) is 6.88. The van der Waals surface area contributed by atoms with Crippen LogP contribution in [-0.4, -0.2) is 35.3 Å². The number of hydrogen-bond acceptors (Lipinski definition) is 4. The van der Waals surface area contributed by atoms with Crippen molar-refractivity contribution in [1.82, 2.24) is 0 Å². The van der Waals surface area contributed by atoms with E-state index in [1.165, 1.54) is 6.61 Å². The molecule has 0 amide bonds. The Bertz CT molecular complexity index is 204. The van der Waals surface area contributed by atoms with Crippen LogP contribution in [0.15, 0.2) is 12.7 Å². The van der Waals surface area contributed by atoms with Gasteiger partial charge in [-0.05, 0) is 6.10 Å². The fraction of sp³-hybridized carbons (Fsp3) is 0.500. The minimum Gasteiger partial charge on any atom is -0.547 e. The second-order valence-corrected chi connectivity index (χ2v) is 2.84. The largest absolute Gasteiger partial charge is 1.00 e. The van der Waals surface area contributed by atoms with Crippen LogP contribution in [0, 0.1) is 6.61 Å². The molecule has 0 radical (unpaired) electrons. The zero-order valence-electron chi connectivity index (χ0n) is 8.12. The molecule has 0 saturated carbocycles. The van der Waals surface area contributed by atoms with Crippen molar-refractivity contribution >= 4 is 10.4 Å². The van der Waals surface area contributed by atoms with Crippen LogP contribution in [0.1, 0.15) is 6.92 Å². The third-order valence-electron chi connectivity index (χ3n) is 0.507. The fourth-order valence-corrected chi connectivity index (χ4v) is 0.263. The average Bonchev–Trinajstić information content (AvgIpc) is 1.83. The van der Waals surface area contributed by atoms with Gasteiger partial charge < -0.3 is 9.84 Å². The Morgan fingerprint density at radius 3 is 2.14 bits per heavy atom. The molecule has 0 rings (SSSR count). The van der Waals surface area contributed by atoms with Crippen molar-refractivity contribution in [2.45, 2.75) is 13.0 Å². The van der Waals surface area contributed by atoms with Gasteiger partial charge in [-0.15, -0.1) is 6.58 Å². The Hall–Kier alpha value is 0.530. The minimum atomic E-state index is -4.67. The Labute approximate surface area is 106 Å². The number of aliphatic hydroxyl groups excluding tert-OH is 1. The van der Waals surface area contributed by atoms with E-state index in [0.29, 0.717) is 6.61 Å². The molecule has 80 valence electrons. The molecule has 3 N–H and O–H groups in total. The Balaban J connectivity index is -0.000000177. The van der Waals surface area contributed by atoms with E-state index in [-0.39, 0.29) is 29.6 Å². The summed E-state index contributed by atoms with van der Waals surface area (Å²) in [5.41, 5.74) is 0. The zero-order valence-corrected chi connectivity index (χ0v) is 10.9. The van der Waals surface area contributed by atoms with Crippen LogP contribution in [0.2, 0.25) is 0 Å². The second-order valence-electron chi connectivity index (χ2n) is 1.95. The van der Waals surface area contributed by atoms with Crippen molar-refractivity contribution in [3.05, 3.63) is 19.3 Å². The summed E-state index contributed by atoms with van der Waals surface area (Å²) in [6.07, 6.45) is 1.13. The standard InChI is InChI=1S/C6H11O2.Na.H2O4S/c1-3-4-8-5-6(2)7;;1-5(2,3)4/h3,5-7H,1,4H2,2H3;;(H2,1,2,3,4)/q-1;+1;. The normalized spacial score (nSPS) is 11.7. The molecule has 0 aromatic rings. The van der Waals surface area contributed by atoms with E-state index in [9.17, 15) is 0 Å². The molecule has 8 heteroatoms. The van der Waals surface area contributed by atoms with Gasteiger partial charge in [0.15, 0.2) is 0 Å². The van der Waals surface area contributed by atoms with Gasteiger partial charge in [-0.1, -0.05) is 13.0 Å². The van der Waals surface area contributed by atoms with Crippen molar-refractivity contribution < 1.29 is 56.9 Å². The van der Waals surface area contributed by atoms with E-state index in [1.807, 2.05) is 0 Å². The zero-order chi connectivity index (χ0) is 10.9. The van der Waals surface area contributed by atoms with E-state index in [2.05, 4.69) is 6.58 Å². The van der Waals surface area contributed by atoms with Crippen LogP contribution in [-0.2, 0) is 15.1 Å². The van der Waals surface area contributed by atoms with Crippen molar-refractivity contribution in [1.29, 1.82) is 0 Å². The Kier molecular flexibility index (Phi) is 16.6. The molecule has 14 heavy (non-hydrogen) atoms. The molecule has 0 aliphatic rings. The van der Waals surface area contributed by atoms with E-state index in [0.717, 1.165) is 0 Å². The fourth-order valence-electron chi connectivity index (χ4n) is 0.263. The Morgan fingerprint density at radius 1 is 1.57 bits per heavy atom. The molecule has 0 aliphatic carbocycles. The predicted molar refractivity (Wildman–Crippen MR) is 46.3 cm³/mol. The molecule has 0 heterocycles. The quantitative estimate of drug-likeness (QED) is 0.159. The van der Waals surface area contributed by atoms with Gasteiger partial charge in [0.2, 0.25) is 0 Å². The summed E-state index contributed by atoms with van der Waals surface area (Å²) in [6, 6.07) is 0. The number of aliphatic hydroxyl groups is 1. The van der Waals surface area contributed by atoms with Crippen LogP contribution in [0.25, 0.3) is 0 Å². The topological polar surface area (TPSA) is 104 Å². The van der Waals surface area contributed by atoms with E-state index in [4.69, 9.17) is 27.4 Å². The van der Waals surface area contributed by atoms with Gasteiger partial charge >= 0.3 is 40.0 Å². The maximum Gasteiger partial charge on any atom is 1.00 e. The van der Waals surface area contributed by atoms with Gasteiger partial charge in [0.1, 0.15) is 0 Å². The molecule has 0 aromatic heterocycles. The molecular weight excluding hydrogens is 223 g/mol. The van der Waals surface area contributed by atoms with Crippen LogP contribution >= 0.6 is 0 Å². The number of ether oxygens (including phenoxy) is 1. The van der Waals surface area contributed by atoms with Crippen molar-refractivity contribution in [2.24, 2.45) is 0 Å². The van der Waals surface area contributed by atoms with Crippen molar-refractivity contribution in [2.75, 3.05) is 6.61 Å². The number of hydrogen-bond donors (Lipinski definition) is 3. The van der Waals surface area contributed by atoms with E-state index in [1.54, 1.807) is 13.0 Å². The van der Waals surface area contributed by atoms with Crippen LogP contribution < -0.4 is 29.6 Å². The molecule has 1 unspecified atom stereocenters. The smallest absolute Gasteiger partial charge is 0.547 e. The summed E-state index contributed by atoms with van der Waals surface area (Å²) in [4.78, 5) is 0. The first kappa shape index (κ1) is 20.0. The SMILES string of the molecule is C=CCO[CH-]C(C)O.O=S(=O)(O)O.[Na+]. The summed E-state index contributed by atoms with van der Waals surface area (Å²) >= 11 is 0. The van der Waals surface area contributed by atoms with E-state index >= 15 is 0 Å². The maximum absolute atomic E-state index is 8.74. The van der Waals surface area contributed by atoms with Crippen LogP contribution in [0.5, 0.6) is 0 Å². The van der Waals surface area contributed by atoms with Gasteiger partial charge in [0.05, 0.1) is 0 Å². The molecule has 0 spiro atoms. The van der Waals surface area contributed by atoms with Crippen molar-refractivity contribution in [3.63, 3.8) is 0 Å². The molecule has 0 aromatic carbocycles. The monoisotopic (exact) mass is 236 g/mol. The molecule has 0 bridgehead atoms. The third-order valence-corrected chi connectivity index (χ3v) is 0.507. The van der Waals surface area contributed by atoms with Gasteiger partial charge in [-0.2, -0.15) is 15.0 Å². The first-order valence-corrected chi connectivity index (χ1v) is 4.61. The van der Waals surface area contributed by atoms with E-state index < -0.39 is 16.5 Å². The summed E-state index contributed by atoms with van der Waals surface area (Å²) < 4.78 is 36.3. The van der Waals surface area contributed by atoms with Crippen LogP contribution in [0.3, 0.4) is 0 Å². The first-order chi connectivity index (χ1) is 5.77. The first-order valence-electron chi connectivity index (χ1n) is 3.21. The molecule has 0 aliphatic heterocycles.